The molecule has 0 saturated heterocycles. The highest BCUT2D eigenvalue weighted by molar-refractivity contribution is 9.10. The summed E-state index contributed by atoms with van der Waals surface area (Å²) in [5.74, 6) is 1.76. The van der Waals surface area contributed by atoms with E-state index in [2.05, 4.69) is 45.9 Å². The first kappa shape index (κ1) is 29.3. The van der Waals surface area contributed by atoms with E-state index in [1.165, 1.54) is 0 Å². The van der Waals surface area contributed by atoms with Crippen molar-refractivity contribution in [2.45, 2.75) is 30.8 Å². The van der Waals surface area contributed by atoms with Crippen molar-refractivity contribution in [3.8, 4) is 22.8 Å². The smallest absolute Gasteiger partial charge is 0.282 e. The van der Waals surface area contributed by atoms with Gasteiger partial charge in [-0.05, 0) is 46.1 Å². The van der Waals surface area contributed by atoms with Crippen LogP contribution in [0.15, 0.2) is 88.0 Å². The van der Waals surface area contributed by atoms with Crippen molar-refractivity contribution >= 4 is 28.0 Å². The van der Waals surface area contributed by atoms with Gasteiger partial charge < -0.3 is 30.4 Å². The fourth-order valence-electron chi connectivity index (χ4n) is 5.33. The molecular weight excluding hydrogens is 628 g/mol. The summed E-state index contributed by atoms with van der Waals surface area (Å²) in [6, 6.07) is 12.5. The largest absolute Gasteiger partial charge is 0.490 e. The number of aromatic nitrogens is 4. The number of para-hydroxylation sites is 2. The van der Waals surface area contributed by atoms with Crippen LogP contribution in [0.5, 0.6) is 11.5 Å². The number of aliphatic imine (C=N–C) groups is 2. The molecule has 0 aliphatic carbocycles. The lowest BCUT2D eigenvalue weighted by Gasteiger charge is -2.31. The Balaban J connectivity index is 0.000000131. The number of fused-ring (bicyclic) bond motifs is 2. The van der Waals surface area contributed by atoms with Crippen LogP contribution >= 0.6 is 15.9 Å². The minimum absolute atomic E-state index is 0.243. The number of nitrogens with zero attached hydrogens (tertiary/aromatic N) is 6. The Morgan fingerprint density at radius 3 is 1.77 bits per heavy atom. The van der Waals surface area contributed by atoms with Gasteiger partial charge in [0.1, 0.15) is 49.0 Å². The molecule has 4 aromatic rings. The van der Waals surface area contributed by atoms with Gasteiger partial charge in [0.15, 0.2) is 0 Å². The molecule has 0 saturated carbocycles. The molecule has 2 aromatic heterocycles. The molecule has 13 heteroatoms. The van der Waals surface area contributed by atoms with Crippen LogP contribution in [0, 0.1) is 6.92 Å². The number of nitrogens with two attached hydrogens (primary N) is 2. The first-order chi connectivity index (χ1) is 21.3. The van der Waals surface area contributed by atoms with E-state index in [1.807, 2.05) is 43.3 Å². The number of halogens is 1. The fraction of sp³-hybridized carbons (Fsp3) is 0.290. The molecule has 6 heterocycles. The Bertz CT molecular complexity index is 1690. The summed E-state index contributed by atoms with van der Waals surface area (Å²) in [7, 11) is 0. The lowest BCUT2D eigenvalue weighted by molar-refractivity contribution is 0.152. The van der Waals surface area contributed by atoms with Gasteiger partial charge in [0.05, 0.1) is 22.1 Å². The van der Waals surface area contributed by atoms with Gasteiger partial charge in [-0.2, -0.15) is 0 Å². The van der Waals surface area contributed by atoms with Crippen molar-refractivity contribution in [2.24, 2.45) is 21.5 Å². The second-order valence-electron chi connectivity index (χ2n) is 10.8. The normalized spacial score (nSPS) is 22.2. The summed E-state index contributed by atoms with van der Waals surface area (Å²) in [6.45, 7) is 3.85. The van der Waals surface area contributed by atoms with E-state index in [-0.39, 0.29) is 17.6 Å². The number of rotatable bonds is 1. The Morgan fingerprint density at radius 1 is 0.682 bits per heavy atom. The van der Waals surface area contributed by atoms with Crippen LogP contribution in [-0.4, -0.2) is 69.5 Å². The van der Waals surface area contributed by atoms with E-state index in [4.69, 9.17) is 30.4 Å². The molecule has 0 amide bonds. The standard InChI is InChI=1S/C15H14N4O2.C11H11BrN2O2.C5H6N2/c16-14-19-15(9-21-14)6-10-2-1-3-11(13(10)20-8-15)12-7-17-4-5-18-12;12-8-3-1-2-7-4-11(5-15-9(7)8)6-16-10(13)14-11;1-5-4-6-2-3-7-5/h1-5,7H,6,8-9H2,(H2,16,19);1-3H,4-6H2,(H2,13,14);2-4H,1H3. The van der Waals surface area contributed by atoms with Crippen LogP contribution in [0.4, 0.5) is 0 Å². The third kappa shape index (κ3) is 6.42. The molecule has 44 heavy (non-hydrogen) atoms. The molecule has 12 nitrogen and oxygen atoms in total. The van der Waals surface area contributed by atoms with Crippen molar-refractivity contribution in [1.82, 2.24) is 19.9 Å². The van der Waals surface area contributed by atoms with Crippen LogP contribution in [-0.2, 0) is 22.3 Å². The Kier molecular flexibility index (Phi) is 8.29. The third-order valence-electron chi connectivity index (χ3n) is 7.36. The number of benzene rings is 2. The number of aryl methyl sites for hydroxylation is 1. The Morgan fingerprint density at radius 2 is 1.25 bits per heavy atom. The molecule has 8 rings (SSSR count). The predicted octanol–water partition coefficient (Wildman–Crippen LogP) is 3.41. The second kappa shape index (κ2) is 12.4. The molecule has 4 N–H and O–H groups in total. The maximum Gasteiger partial charge on any atom is 0.282 e. The number of hydrogen-bond donors (Lipinski definition) is 2. The monoisotopic (exact) mass is 658 g/mol. The van der Waals surface area contributed by atoms with Crippen molar-refractivity contribution in [2.75, 3.05) is 26.4 Å². The van der Waals surface area contributed by atoms with Gasteiger partial charge in [-0.15, -0.1) is 0 Å². The van der Waals surface area contributed by atoms with E-state index < -0.39 is 5.54 Å². The molecule has 4 aliphatic rings. The zero-order valence-corrected chi connectivity index (χ0v) is 25.6. The highest BCUT2D eigenvalue weighted by Gasteiger charge is 2.42. The van der Waals surface area contributed by atoms with E-state index in [1.54, 1.807) is 37.2 Å². The highest BCUT2D eigenvalue weighted by Crippen LogP contribution is 2.40. The van der Waals surface area contributed by atoms with Crippen LogP contribution in [0.3, 0.4) is 0 Å². The zero-order valence-electron chi connectivity index (χ0n) is 24.0. The number of hydrogen-bond acceptors (Lipinski definition) is 12. The van der Waals surface area contributed by atoms with Crippen LogP contribution in [0.2, 0.25) is 0 Å². The Hall–Kier alpha value is -4.78. The second-order valence-corrected chi connectivity index (χ2v) is 11.7. The van der Waals surface area contributed by atoms with Crippen LogP contribution < -0.4 is 20.9 Å². The molecule has 226 valence electrons. The molecule has 2 atom stereocenters. The minimum Gasteiger partial charge on any atom is -0.490 e. The minimum atomic E-state index is -0.391. The average Bonchev–Trinajstić information content (AvgIpc) is 3.58. The molecule has 2 spiro atoms. The molecule has 2 aromatic carbocycles. The van der Waals surface area contributed by atoms with E-state index >= 15 is 0 Å². The SMILES string of the molecule is Cc1cnccn1.NC1=NC2(CO1)COc1c(Br)cccc1C2.NC1=NC2(CO1)COc1c(cccc1-c1cnccn1)C2. The quantitative estimate of drug-likeness (QED) is 0.309. The molecule has 0 radical (unpaired) electrons. The summed E-state index contributed by atoms with van der Waals surface area (Å²) in [5, 5.41) is 0. The van der Waals surface area contributed by atoms with Gasteiger partial charge >= 0.3 is 0 Å². The molecule has 0 bridgehead atoms. The maximum absolute atomic E-state index is 5.98. The van der Waals surface area contributed by atoms with Crippen molar-refractivity contribution in [3.05, 3.63) is 94.9 Å². The summed E-state index contributed by atoms with van der Waals surface area (Å²) >= 11 is 3.47. The van der Waals surface area contributed by atoms with Gasteiger partial charge in [0.2, 0.25) is 0 Å². The zero-order chi connectivity index (χ0) is 30.6. The molecular formula is C31H31BrN8O4. The van der Waals surface area contributed by atoms with E-state index in [9.17, 15) is 0 Å². The highest BCUT2D eigenvalue weighted by atomic mass is 79.9. The summed E-state index contributed by atoms with van der Waals surface area (Å²) in [5.41, 5.74) is 15.4. The summed E-state index contributed by atoms with van der Waals surface area (Å²) in [6.07, 6.45) is 11.7. The first-order valence-corrected chi connectivity index (χ1v) is 14.7. The average molecular weight is 660 g/mol. The fourth-order valence-corrected chi connectivity index (χ4v) is 5.85. The van der Waals surface area contributed by atoms with Gasteiger partial charge in [-0.3, -0.25) is 19.9 Å². The molecule has 2 unspecified atom stereocenters. The van der Waals surface area contributed by atoms with Gasteiger partial charge in [0.25, 0.3) is 12.0 Å². The topological polar surface area (TPSA) is 165 Å². The van der Waals surface area contributed by atoms with Crippen LogP contribution in [0.25, 0.3) is 11.3 Å². The van der Waals surface area contributed by atoms with Crippen LogP contribution in [0.1, 0.15) is 16.8 Å². The third-order valence-corrected chi connectivity index (χ3v) is 7.98. The van der Waals surface area contributed by atoms with Crippen molar-refractivity contribution in [3.63, 3.8) is 0 Å². The first-order valence-electron chi connectivity index (χ1n) is 13.9. The lowest BCUT2D eigenvalue weighted by Crippen LogP contribution is -2.41. The van der Waals surface area contributed by atoms with Gasteiger partial charge in [-0.25, -0.2) is 9.98 Å². The van der Waals surface area contributed by atoms with E-state index in [0.717, 1.165) is 56.9 Å². The number of amidine groups is 2. The lowest BCUT2D eigenvalue weighted by atomic mass is 9.89. The number of ether oxygens (including phenoxy) is 4. The maximum atomic E-state index is 5.98. The van der Waals surface area contributed by atoms with Crippen molar-refractivity contribution in [1.29, 1.82) is 0 Å². The predicted molar refractivity (Wildman–Crippen MR) is 167 cm³/mol. The molecule has 0 fully saturated rings. The summed E-state index contributed by atoms with van der Waals surface area (Å²) in [4.78, 5) is 24.9. The van der Waals surface area contributed by atoms with E-state index in [0.29, 0.717) is 26.4 Å². The van der Waals surface area contributed by atoms with Crippen molar-refractivity contribution < 1.29 is 18.9 Å². The molecule has 4 aliphatic heterocycles. The Labute approximate surface area is 262 Å². The van der Waals surface area contributed by atoms with Gasteiger partial charge in [-0.1, -0.05) is 24.3 Å². The van der Waals surface area contributed by atoms with Gasteiger partial charge in [0, 0.05) is 49.4 Å². The summed E-state index contributed by atoms with van der Waals surface area (Å²) < 4.78 is 23.2.